The van der Waals surface area contributed by atoms with E-state index in [1.807, 2.05) is 19.1 Å². The van der Waals surface area contributed by atoms with E-state index in [-0.39, 0.29) is 0 Å². The van der Waals surface area contributed by atoms with Crippen LogP contribution in [-0.2, 0) is 9.53 Å². The maximum atomic E-state index is 12.3. The molecule has 0 radical (unpaired) electrons. The summed E-state index contributed by atoms with van der Waals surface area (Å²) in [4.78, 5) is 14.0. The predicted molar refractivity (Wildman–Crippen MR) is 90.5 cm³/mol. The average molecular weight is 336 g/mol. The van der Waals surface area contributed by atoms with Crippen molar-refractivity contribution in [1.29, 1.82) is 0 Å². The van der Waals surface area contributed by atoms with Crippen molar-refractivity contribution in [2.75, 3.05) is 28.4 Å². The molecule has 0 unspecified atom stereocenters. The zero-order valence-corrected chi connectivity index (χ0v) is 14.6. The van der Waals surface area contributed by atoms with Gasteiger partial charge in [-0.25, -0.2) is 4.79 Å². The van der Waals surface area contributed by atoms with Gasteiger partial charge in [0.15, 0.2) is 5.11 Å². The summed E-state index contributed by atoms with van der Waals surface area (Å²) in [6.07, 6.45) is 0. The summed E-state index contributed by atoms with van der Waals surface area (Å²) in [5.41, 5.74) is 2.01. The van der Waals surface area contributed by atoms with Crippen LogP contribution < -0.4 is 14.8 Å². The Morgan fingerprint density at radius 1 is 1.26 bits per heavy atom. The number of hydrogen-bond donors (Lipinski definition) is 1. The zero-order chi connectivity index (χ0) is 17.1. The van der Waals surface area contributed by atoms with Gasteiger partial charge in [0.1, 0.15) is 11.5 Å². The molecule has 23 heavy (non-hydrogen) atoms. The highest BCUT2D eigenvalue weighted by Crippen LogP contribution is 2.37. The molecule has 0 amide bonds. The first-order chi connectivity index (χ1) is 10.9. The molecule has 1 aromatic rings. The van der Waals surface area contributed by atoms with Crippen LogP contribution in [0.3, 0.4) is 0 Å². The van der Waals surface area contributed by atoms with Crippen molar-refractivity contribution in [3.63, 3.8) is 0 Å². The molecule has 124 valence electrons. The average Bonchev–Trinajstić information content (AvgIpc) is 2.58. The van der Waals surface area contributed by atoms with Crippen molar-refractivity contribution in [1.82, 2.24) is 10.2 Å². The highest BCUT2D eigenvalue weighted by atomic mass is 32.1. The van der Waals surface area contributed by atoms with Gasteiger partial charge in [0.25, 0.3) is 0 Å². The highest BCUT2D eigenvalue weighted by Gasteiger charge is 2.34. The molecule has 0 bridgehead atoms. The van der Waals surface area contributed by atoms with Crippen molar-refractivity contribution in [2.45, 2.75) is 13.0 Å². The smallest absolute Gasteiger partial charge is 0.337 e. The molecule has 0 aliphatic carbocycles. The number of esters is 1. The summed E-state index contributed by atoms with van der Waals surface area (Å²) < 4.78 is 15.6. The van der Waals surface area contributed by atoms with E-state index >= 15 is 0 Å². The summed E-state index contributed by atoms with van der Waals surface area (Å²) in [5, 5.41) is 3.69. The molecule has 0 aromatic heterocycles. The molecule has 1 aliphatic heterocycles. The minimum atomic E-state index is -0.452. The fourth-order valence-electron chi connectivity index (χ4n) is 2.50. The Bertz CT molecular complexity index is 672. The molecule has 2 rings (SSSR count). The van der Waals surface area contributed by atoms with Crippen molar-refractivity contribution in [3.05, 3.63) is 35.0 Å². The Balaban J connectivity index is 2.60. The van der Waals surface area contributed by atoms with Gasteiger partial charge < -0.3 is 24.4 Å². The maximum Gasteiger partial charge on any atom is 0.337 e. The van der Waals surface area contributed by atoms with Crippen molar-refractivity contribution >= 4 is 23.3 Å². The summed E-state index contributed by atoms with van der Waals surface area (Å²) in [7, 11) is 6.31. The maximum absolute atomic E-state index is 12.3. The SMILES string of the molecule is COC(=O)C1=C(C)N(C)C(=S)N[C@H]1c1ccc(OC)cc1OC. The third kappa shape index (κ3) is 3.10. The lowest BCUT2D eigenvalue weighted by Crippen LogP contribution is -2.46. The Hall–Kier alpha value is -2.28. The molecule has 1 N–H and O–H groups in total. The zero-order valence-electron chi connectivity index (χ0n) is 13.8. The number of thiocarbonyl (C=S) groups is 1. The van der Waals surface area contributed by atoms with Gasteiger partial charge in [-0.2, -0.15) is 0 Å². The monoisotopic (exact) mass is 336 g/mol. The molecule has 7 heteroatoms. The van der Waals surface area contributed by atoms with Crippen LogP contribution in [0.1, 0.15) is 18.5 Å². The third-order valence-corrected chi connectivity index (χ3v) is 4.30. The fourth-order valence-corrected chi connectivity index (χ4v) is 2.75. The molecular formula is C16H20N2O4S. The van der Waals surface area contributed by atoms with Gasteiger partial charge in [-0.15, -0.1) is 0 Å². The number of nitrogens with one attached hydrogen (secondary N) is 1. The Kier molecular flexibility index (Phi) is 5.10. The first-order valence-electron chi connectivity index (χ1n) is 6.99. The molecule has 0 saturated heterocycles. The summed E-state index contributed by atoms with van der Waals surface area (Å²) in [6.45, 7) is 1.84. The first kappa shape index (κ1) is 17.1. The molecule has 0 fully saturated rings. The second kappa shape index (κ2) is 6.87. The van der Waals surface area contributed by atoms with Gasteiger partial charge >= 0.3 is 5.97 Å². The van der Waals surface area contributed by atoms with Crippen molar-refractivity contribution < 1.29 is 19.0 Å². The largest absolute Gasteiger partial charge is 0.497 e. The minimum absolute atomic E-state index is 0.410. The van der Waals surface area contributed by atoms with E-state index in [0.717, 1.165) is 11.3 Å². The van der Waals surface area contributed by atoms with Gasteiger partial charge in [0, 0.05) is 24.4 Å². The van der Waals surface area contributed by atoms with Crippen LogP contribution in [0.25, 0.3) is 0 Å². The quantitative estimate of drug-likeness (QED) is 0.667. The minimum Gasteiger partial charge on any atom is -0.497 e. The van der Waals surface area contributed by atoms with Crippen LogP contribution >= 0.6 is 12.2 Å². The number of benzene rings is 1. The molecule has 0 saturated carbocycles. The van der Waals surface area contributed by atoms with Crippen LogP contribution in [0, 0.1) is 0 Å². The van der Waals surface area contributed by atoms with Gasteiger partial charge in [0.05, 0.1) is 32.9 Å². The lowest BCUT2D eigenvalue weighted by Gasteiger charge is -2.35. The Morgan fingerprint density at radius 3 is 2.52 bits per heavy atom. The van der Waals surface area contributed by atoms with E-state index in [9.17, 15) is 4.79 Å². The molecule has 1 heterocycles. The van der Waals surface area contributed by atoms with E-state index < -0.39 is 12.0 Å². The van der Waals surface area contributed by atoms with E-state index in [1.54, 1.807) is 32.2 Å². The fraction of sp³-hybridized carbons (Fsp3) is 0.375. The van der Waals surface area contributed by atoms with Crippen LogP contribution in [-0.4, -0.2) is 44.4 Å². The lowest BCUT2D eigenvalue weighted by molar-refractivity contribution is -0.136. The van der Waals surface area contributed by atoms with Crippen LogP contribution in [0.15, 0.2) is 29.5 Å². The van der Waals surface area contributed by atoms with Crippen LogP contribution in [0.2, 0.25) is 0 Å². The molecule has 1 atom stereocenters. The van der Waals surface area contributed by atoms with Crippen molar-refractivity contribution in [2.24, 2.45) is 0 Å². The highest BCUT2D eigenvalue weighted by molar-refractivity contribution is 7.80. The number of allylic oxidation sites excluding steroid dienone is 1. The number of hydrogen-bond acceptors (Lipinski definition) is 5. The Morgan fingerprint density at radius 2 is 1.96 bits per heavy atom. The normalized spacial score (nSPS) is 17.7. The number of rotatable bonds is 4. The third-order valence-electron chi connectivity index (χ3n) is 3.91. The number of ether oxygens (including phenoxy) is 3. The van der Waals surface area contributed by atoms with Gasteiger partial charge in [-0.3, -0.25) is 0 Å². The molecule has 1 aromatic carbocycles. The van der Waals surface area contributed by atoms with E-state index in [2.05, 4.69) is 5.32 Å². The second-order valence-electron chi connectivity index (χ2n) is 5.04. The van der Waals surface area contributed by atoms with Crippen LogP contribution in [0.4, 0.5) is 0 Å². The molecule has 1 aliphatic rings. The Labute approximate surface area is 141 Å². The van der Waals surface area contributed by atoms with E-state index in [1.165, 1.54) is 7.11 Å². The van der Waals surface area contributed by atoms with Crippen LogP contribution in [0.5, 0.6) is 11.5 Å². The lowest BCUT2D eigenvalue weighted by atomic mass is 9.94. The predicted octanol–water partition coefficient (Wildman–Crippen LogP) is 2.01. The van der Waals surface area contributed by atoms with E-state index in [0.29, 0.717) is 22.2 Å². The van der Waals surface area contributed by atoms with Gasteiger partial charge in [-0.1, -0.05) is 0 Å². The summed E-state index contributed by atoms with van der Waals surface area (Å²) in [5.74, 6) is 0.858. The number of nitrogens with zero attached hydrogens (tertiary/aromatic N) is 1. The van der Waals surface area contributed by atoms with Gasteiger partial charge in [0.2, 0.25) is 0 Å². The van der Waals surface area contributed by atoms with E-state index in [4.69, 9.17) is 26.4 Å². The van der Waals surface area contributed by atoms with Gasteiger partial charge in [-0.05, 0) is 31.3 Å². The molecule has 6 nitrogen and oxygen atoms in total. The molecular weight excluding hydrogens is 316 g/mol. The number of methoxy groups -OCH3 is 3. The topological polar surface area (TPSA) is 60.0 Å². The number of carbonyl (C=O) groups is 1. The van der Waals surface area contributed by atoms with Crippen molar-refractivity contribution in [3.8, 4) is 11.5 Å². The summed E-state index contributed by atoms with van der Waals surface area (Å²) in [6, 6.07) is 4.97. The first-order valence-corrected chi connectivity index (χ1v) is 7.40. The molecule has 0 spiro atoms. The summed E-state index contributed by atoms with van der Waals surface area (Å²) >= 11 is 5.35. The number of carbonyl (C=O) groups excluding carboxylic acids is 1. The second-order valence-corrected chi connectivity index (χ2v) is 5.43. The standard InChI is InChI=1S/C16H20N2O4S/c1-9-13(15(19)22-5)14(17-16(23)18(9)2)11-7-6-10(20-3)8-12(11)21-4/h6-8,14H,1-5H3,(H,17,23)/t14-/m0/s1.